The molecule has 1 nitrogen and oxygen atoms in total. The van der Waals surface area contributed by atoms with Crippen molar-refractivity contribution >= 4 is 5.78 Å². The number of Topliss-reactive ketones (excluding diaryl/α,β-unsaturated/α-hetero) is 1. The monoisotopic (exact) mass is 284 g/mol. The Labute approximate surface area is 130 Å². The molecule has 0 radical (unpaired) electrons. The average Bonchev–Trinajstić information content (AvgIpc) is 2.60. The van der Waals surface area contributed by atoms with Crippen LogP contribution in [0, 0.1) is 0 Å². The van der Waals surface area contributed by atoms with Crippen LogP contribution in [0.15, 0.2) is 78.9 Å². The first kappa shape index (κ1) is 13.0. The van der Waals surface area contributed by atoms with Crippen molar-refractivity contribution in [3.05, 3.63) is 95.6 Å². The molecule has 1 aliphatic rings. The van der Waals surface area contributed by atoms with Gasteiger partial charge in [-0.05, 0) is 29.2 Å². The zero-order valence-electron chi connectivity index (χ0n) is 12.4. The molecule has 4 rings (SSSR count). The number of carbonyl (C=O) groups excluding carboxylic acids is 1. The van der Waals surface area contributed by atoms with Crippen LogP contribution in [0.5, 0.6) is 0 Å². The van der Waals surface area contributed by atoms with E-state index in [1.54, 1.807) is 0 Å². The molecule has 0 N–H and O–H groups in total. The molecule has 0 heterocycles. The maximum Gasteiger partial charge on any atom is 0.178 e. The van der Waals surface area contributed by atoms with Crippen LogP contribution >= 0.6 is 0 Å². The molecule has 0 spiro atoms. The van der Waals surface area contributed by atoms with Gasteiger partial charge >= 0.3 is 0 Å². The van der Waals surface area contributed by atoms with E-state index in [0.29, 0.717) is 0 Å². The number of ketones is 1. The van der Waals surface area contributed by atoms with Crippen molar-refractivity contribution in [3.8, 4) is 11.1 Å². The molecule has 1 unspecified atom stereocenters. The van der Waals surface area contributed by atoms with Gasteiger partial charge in [-0.25, -0.2) is 0 Å². The Balaban J connectivity index is 2.09. The summed E-state index contributed by atoms with van der Waals surface area (Å²) in [5.41, 5.74) is 4.51. The van der Waals surface area contributed by atoms with Crippen LogP contribution in [0.1, 0.15) is 28.4 Å². The molecule has 0 aliphatic heterocycles. The average molecular weight is 284 g/mol. The summed E-state index contributed by atoms with van der Waals surface area (Å²) >= 11 is 0. The van der Waals surface area contributed by atoms with Crippen molar-refractivity contribution in [2.24, 2.45) is 0 Å². The molecule has 0 saturated heterocycles. The van der Waals surface area contributed by atoms with Crippen LogP contribution in [0.25, 0.3) is 11.1 Å². The Morgan fingerprint density at radius 3 is 1.91 bits per heavy atom. The van der Waals surface area contributed by atoms with Gasteiger partial charge in [0.1, 0.15) is 0 Å². The molecule has 1 aliphatic carbocycles. The normalized spacial score (nSPS) is 19.4. The van der Waals surface area contributed by atoms with Gasteiger partial charge in [0.2, 0.25) is 0 Å². The highest BCUT2D eigenvalue weighted by Crippen LogP contribution is 2.46. The third kappa shape index (κ3) is 1.62. The summed E-state index contributed by atoms with van der Waals surface area (Å²) in [6, 6.07) is 26.2. The van der Waals surface area contributed by atoms with E-state index in [1.165, 1.54) is 0 Å². The van der Waals surface area contributed by atoms with Gasteiger partial charge < -0.3 is 0 Å². The predicted octanol–water partition coefficient (Wildman–Crippen LogP) is 4.86. The summed E-state index contributed by atoms with van der Waals surface area (Å²) in [5.74, 6) is 0.174. The van der Waals surface area contributed by atoms with Crippen molar-refractivity contribution < 1.29 is 4.79 Å². The smallest absolute Gasteiger partial charge is 0.178 e. The summed E-state index contributed by atoms with van der Waals surface area (Å²) in [5, 5.41) is 0. The Hall–Kier alpha value is -2.67. The van der Waals surface area contributed by atoms with E-state index in [1.807, 2.05) is 73.7 Å². The molecule has 22 heavy (non-hydrogen) atoms. The molecular weight excluding hydrogens is 268 g/mol. The van der Waals surface area contributed by atoms with E-state index in [4.69, 9.17) is 0 Å². The van der Waals surface area contributed by atoms with E-state index >= 15 is 0 Å². The van der Waals surface area contributed by atoms with Crippen LogP contribution in [-0.2, 0) is 5.41 Å². The highest BCUT2D eigenvalue weighted by molar-refractivity contribution is 6.14. The fraction of sp³-hybridized carbons (Fsp3) is 0.0952. The SMILES string of the molecule is CC1(c2ccccc2)C(=O)c2ccccc2-c2ccccc21. The van der Waals surface area contributed by atoms with Crippen molar-refractivity contribution in [1.82, 2.24) is 0 Å². The molecule has 0 aromatic heterocycles. The minimum absolute atomic E-state index is 0.174. The standard InChI is InChI=1S/C21H16O/c1-21(15-9-3-2-4-10-15)19-14-8-7-12-17(19)16-11-5-6-13-18(16)20(21)22/h2-14H,1H3. The third-order valence-electron chi connectivity index (χ3n) is 4.73. The lowest BCUT2D eigenvalue weighted by molar-refractivity contribution is 0.0921. The third-order valence-corrected chi connectivity index (χ3v) is 4.73. The minimum atomic E-state index is -0.633. The second kappa shape index (κ2) is 4.67. The molecule has 0 saturated carbocycles. The van der Waals surface area contributed by atoms with Crippen LogP contribution in [-0.4, -0.2) is 5.78 Å². The Morgan fingerprint density at radius 1 is 0.636 bits per heavy atom. The van der Waals surface area contributed by atoms with Crippen molar-refractivity contribution in [2.75, 3.05) is 0 Å². The van der Waals surface area contributed by atoms with Crippen LogP contribution < -0.4 is 0 Å². The largest absolute Gasteiger partial charge is 0.293 e. The van der Waals surface area contributed by atoms with Crippen molar-refractivity contribution in [1.29, 1.82) is 0 Å². The number of rotatable bonds is 1. The zero-order chi connectivity index (χ0) is 15.2. The first-order valence-corrected chi connectivity index (χ1v) is 7.52. The lowest BCUT2D eigenvalue weighted by atomic mass is 9.64. The predicted molar refractivity (Wildman–Crippen MR) is 89.1 cm³/mol. The second-order valence-corrected chi connectivity index (χ2v) is 5.91. The maximum atomic E-state index is 13.3. The zero-order valence-corrected chi connectivity index (χ0v) is 12.4. The molecule has 3 aromatic rings. The summed E-state index contributed by atoms with van der Waals surface area (Å²) in [4.78, 5) is 13.3. The maximum absolute atomic E-state index is 13.3. The van der Waals surface area contributed by atoms with Gasteiger partial charge in [0.15, 0.2) is 5.78 Å². The first-order valence-electron chi connectivity index (χ1n) is 7.52. The van der Waals surface area contributed by atoms with Gasteiger partial charge in [0.05, 0.1) is 5.41 Å². The first-order chi connectivity index (χ1) is 10.7. The van der Waals surface area contributed by atoms with Crippen molar-refractivity contribution in [3.63, 3.8) is 0 Å². The molecule has 0 amide bonds. The van der Waals surface area contributed by atoms with E-state index < -0.39 is 5.41 Å². The molecule has 106 valence electrons. The molecule has 0 fully saturated rings. The summed E-state index contributed by atoms with van der Waals surface area (Å²) in [6.45, 7) is 2.04. The minimum Gasteiger partial charge on any atom is -0.293 e. The van der Waals surface area contributed by atoms with Gasteiger partial charge in [-0.1, -0.05) is 78.9 Å². The Kier molecular flexibility index (Phi) is 2.77. The summed E-state index contributed by atoms with van der Waals surface area (Å²) in [7, 11) is 0. The molecule has 1 atom stereocenters. The van der Waals surface area contributed by atoms with Gasteiger partial charge in [0.25, 0.3) is 0 Å². The highest BCUT2D eigenvalue weighted by atomic mass is 16.1. The van der Waals surface area contributed by atoms with Gasteiger partial charge in [0, 0.05) is 5.56 Å². The van der Waals surface area contributed by atoms with Gasteiger partial charge in [-0.3, -0.25) is 4.79 Å². The molecule has 3 aromatic carbocycles. The van der Waals surface area contributed by atoms with Gasteiger partial charge in [-0.15, -0.1) is 0 Å². The van der Waals surface area contributed by atoms with E-state index in [-0.39, 0.29) is 5.78 Å². The highest BCUT2D eigenvalue weighted by Gasteiger charge is 2.43. The second-order valence-electron chi connectivity index (χ2n) is 5.91. The summed E-state index contributed by atoms with van der Waals surface area (Å²) < 4.78 is 0. The van der Waals surface area contributed by atoms with E-state index in [0.717, 1.165) is 27.8 Å². The molecule has 0 bridgehead atoms. The van der Waals surface area contributed by atoms with Gasteiger partial charge in [-0.2, -0.15) is 0 Å². The topological polar surface area (TPSA) is 17.1 Å². The Bertz CT molecular complexity index is 864. The number of benzene rings is 3. The fourth-order valence-electron chi connectivity index (χ4n) is 3.52. The number of carbonyl (C=O) groups is 1. The lowest BCUT2D eigenvalue weighted by Crippen LogP contribution is -2.37. The Morgan fingerprint density at radius 2 is 1.18 bits per heavy atom. The number of hydrogen-bond donors (Lipinski definition) is 0. The number of hydrogen-bond acceptors (Lipinski definition) is 1. The quantitative estimate of drug-likeness (QED) is 0.624. The van der Waals surface area contributed by atoms with Crippen molar-refractivity contribution in [2.45, 2.75) is 12.3 Å². The number of fused-ring (bicyclic) bond motifs is 3. The van der Waals surface area contributed by atoms with Crippen LogP contribution in [0.4, 0.5) is 0 Å². The summed E-state index contributed by atoms with van der Waals surface area (Å²) in [6.07, 6.45) is 0. The van der Waals surface area contributed by atoms with E-state index in [2.05, 4.69) is 12.1 Å². The van der Waals surface area contributed by atoms with Crippen LogP contribution in [0.2, 0.25) is 0 Å². The fourth-order valence-corrected chi connectivity index (χ4v) is 3.52. The lowest BCUT2D eigenvalue weighted by Gasteiger charge is -2.36. The molecule has 1 heteroatoms. The molecular formula is C21H16O. The van der Waals surface area contributed by atoms with Crippen LogP contribution in [0.3, 0.4) is 0 Å². The van der Waals surface area contributed by atoms with E-state index in [9.17, 15) is 4.79 Å².